The Bertz CT molecular complexity index is 1420. The molecule has 0 spiro atoms. The molecule has 39 heavy (non-hydrogen) atoms. The molecule has 2 unspecified atom stereocenters. The first kappa shape index (κ1) is 26.9. The van der Waals surface area contributed by atoms with Crippen molar-refractivity contribution in [3.63, 3.8) is 0 Å². The minimum atomic E-state index is -1.26. The molecule has 0 aliphatic heterocycles. The van der Waals surface area contributed by atoms with Crippen LogP contribution < -0.4 is 15.4 Å². The molecule has 200 valence electrons. The number of para-hydroxylation sites is 1. The number of hydrogen-bond donors (Lipinski definition) is 3. The molecule has 1 aromatic heterocycles. The summed E-state index contributed by atoms with van der Waals surface area (Å²) < 4.78 is 16.4. The summed E-state index contributed by atoms with van der Waals surface area (Å²) in [5, 5.41) is 18.6. The van der Waals surface area contributed by atoms with Crippen LogP contribution in [-0.4, -0.2) is 40.9 Å². The van der Waals surface area contributed by atoms with Gasteiger partial charge in [0.2, 0.25) is 0 Å². The first-order valence-corrected chi connectivity index (χ1v) is 12.1. The van der Waals surface area contributed by atoms with Crippen molar-refractivity contribution in [2.75, 3.05) is 11.9 Å². The lowest BCUT2D eigenvalue weighted by molar-refractivity contribution is -0.140. The number of ether oxygens (including phenoxy) is 2. The number of aliphatic carboxylic acids is 1. The molecule has 3 N–H and O–H groups in total. The van der Waals surface area contributed by atoms with Crippen LogP contribution in [0.15, 0.2) is 89.5 Å². The summed E-state index contributed by atoms with van der Waals surface area (Å²) in [6, 6.07) is 23.0. The monoisotopic (exact) mass is 529 g/mol. The highest BCUT2D eigenvalue weighted by molar-refractivity contribution is 5.97. The number of hydrogen-bond acceptors (Lipinski definition) is 7. The van der Waals surface area contributed by atoms with Gasteiger partial charge < -0.3 is 24.4 Å². The van der Waals surface area contributed by atoms with E-state index in [9.17, 15) is 19.5 Å². The average molecular weight is 530 g/mol. The van der Waals surface area contributed by atoms with Crippen molar-refractivity contribution in [2.45, 2.75) is 26.0 Å². The van der Waals surface area contributed by atoms with Gasteiger partial charge in [-0.2, -0.15) is 0 Å². The molecular formula is C29H27N3O7. The van der Waals surface area contributed by atoms with Crippen molar-refractivity contribution in [1.29, 1.82) is 0 Å². The molecule has 0 bridgehead atoms. The Morgan fingerprint density at radius 2 is 1.59 bits per heavy atom. The van der Waals surface area contributed by atoms with Gasteiger partial charge in [-0.05, 0) is 43.7 Å². The molecule has 3 aromatic carbocycles. The predicted molar refractivity (Wildman–Crippen MR) is 142 cm³/mol. The summed E-state index contributed by atoms with van der Waals surface area (Å²) in [6.45, 7) is 3.20. The van der Waals surface area contributed by atoms with Crippen LogP contribution in [0.25, 0.3) is 11.3 Å². The molecule has 10 nitrogen and oxygen atoms in total. The highest BCUT2D eigenvalue weighted by atomic mass is 16.6. The fourth-order valence-corrected chi connectivity index (χ4v) is 3.68. The molecule has 4 rings (SSSR count). The van der Waals surface area contributed by atoms with Gasteiger partial charge in [0.15, 0.2) is 11.8 Å². The van der Waals surface area contributed by atoms with Crippen LogP contribution in [0.2, 0.25) is 0 Å². The average Bonchev–Trinajstić information content (AvgIpc) is 3.31. The van der Waals surface area contributed by atoms with E-state index in [-0.39, 0.29) is 17.9 Å². The quantitative estimate of drug-likeness (QED) is 0.254. The molecule has 0 radical (unpaired) electrons. The molecule has 0 saturated heterocycles. The van der Waals surface area contributed by atoms with Gasteiger partial charge in [-0.15, -0.1) is 0 Å². The zero-order valence-corrected chi connectivity index (χ0v) is 21.3. The number of rotatable bonds is 10. The number of anilines is 1. The van der Waals surface area contributed by atoms with Gasteiger partial charge in [0, 0.05) is 11.1 Å². The normalized spacial score (nSPS) is 12.2. The van der Waals surface area contributed by atoms with Crippen LogP contribution in [0, 0.1) is 6.92 Å². The summed E-state index contributed by atoms with van der Waals surface area (Å²) >= 11 is 0. The molecule has 0 fully saturated rings. The van der Waals surface area contributed by atoms with E-state index in [1.165, 1.54) is 12.1 Å². The maximum absolute atomic E-state index is 12.7. The Hall–Kier alpha value is -5.12. The second-order valence-electron chi connectivity index (χ2n) is 8.62. The third-order valence-electron chi connectivity index (χ3n) is 5.82. The summed E-state index contributed by atoms with van der Waals surface area (Å²) in [4.78, 5) is 36.9. The van der Waals surface area contributed by atoms with Gasteiger partial charge in [-0.3, -0.25) is 10.1 Å². The van der Waals surface area contributed by atoms with Gasteiger partial charge >= 0.3 is 12.1 Å². The highest BCUT2D eigenvalue weighted by Crippen LogP contribution is 2.31. The second-order valence-corrected chi connectivity index (χ2v) is 8.62. The van der Waals surface area contributed by atoms with Crippen LogP contribution in [0.1, 0.15) is 34.6 Å². The van der Waals surface area contributed by atoms with E-state index in [1.54, 1.807) is 50.2 Å². The molecule has 4 aromatic rings. The Balaban J connectivity index is 1.40. The van der Waals surface area contributed by atoms with Crippen molar-refractivity contribution in [1.82, 2.24) is 10.5 Å². The SMILES string of the molecule is Cc1noc(-c2ccc(C(=O)NC(COc3ccccc3)C(=O)O)cc2)c1NC(=O)OC(C)c1ccccc1. The van der Waals surface area contributed by atoms with Gasteiger partial charge in [0.05, 0.1) is 0 Å². The van der Waals surface area contributed by atoms with Gasteiger partial charge in [-0.1, -0.05) is 65.8 Å². The van der Waals surface area contributed by atoms with E-state index in [0.717, 1.165) is 5.56 Å². The van der Waals surface area contributed by atoms with Gasteiger partial charge in [-0.25, -0.2) is 9.59 Å². The number of aryl methyl sites for hydroxylation is 1. The topological polar surface area (TPSA) is 140 Å². The van der Waals surface area contributed by atoms with Gasteiger partial charge in [0.1, 0.15) is 29.8 Å². The van der Waals surface area contributed by atoms with Crippen LogP contribution in [0.5, 0.6) is 5.75 Å². The fourth-order valence-electron chi connectivity index (χ4n) is 3.68. The number of nitrogens with one attached hydrogen (secondary N) is 2. The molecule has 2 atom stereocenters. The van der Waals surface area contributed by atoms with Crippen LogP contribution in [-0.2, 0) is 9.53 Å². The van der Waals surface area contributed by atoms with Crippen LogP contribution in [0.4, 0.5) is 10.5 Å². The number of aromatic nitrogens is 1. The minimum absolute atomic E-state index is 0.228. The molecule has 0 aliphatic carbocycles. The Morgan fingerprint density at radius 1 is 0.949 bits per heavy atom. The van der Waals surface area contributed by atoms with Crippen LogP contribution >= 0.6 is 0 Å². The van der Waals surface area contributed by atoms with Crippen molar-refractivity contribution in [3.8, 4) is 17.1 Å². The summed E-state index contributed by atoms with van der Waals surface area (Å²) in [5.74, 6) is -1.04. The number of benzene rings is 3. The highest BCUT2D eigenvalue weighted by Gasteiger charge is 2.23. The lowest BCUT2D eigenvalue weighted by Gasteiger charge is -2.16. The zero-order chi connectivity index (χ0) is 27.8. The predicted octanol–water partition coefficient (Wildman–Crippen LogP) is 5.22. The van der Waals surface area contributed by atoms with Crippen molar-refractivity contribution >= 4 is 23.7 Å². The maximum Gasteiger partial charge on any atom is 0.412 e. The maximum atomic E-state index is 12.7. The van der Waals surface area contributed by atoms with E-state index in [2.05, 4.69) is 15.8 Å². The number of nitrogens with zero attached hydrogens (tertiary/aromatic N) is 1. The number of amides is 2. The van der Waals surface area contributed by atoms with Crippen molar-refractivity contribution < 1.29 is 33.5 Å². The fraction of sp³-hybridized carbons (Fsp3) is 0.172. The summed E-state index contributed by atoms with van der Waals surface area (Å²) in [5.41, 5.74) is 2.40. The molecule has 0 aliphatic rings. The molecular weight excluding hydrogens is 502 g/mol. The number of carbonyl (C=O) groups excluding carboxylic acids is 2. The largest absolute Gasteiger partial charge is 0.491 e. The standard InChI is InChI=1S/C29H27N3O7/c1-18-25(31-29(36)38-19(2)20-9-5-3-6-10-20)26(39-32-18)21-13-15-22(16-14-21)27(33)30-24(28(34)35)17-37-23-11-7-4-8-12-23/h3-16,19,24H,17H2,1-2H3,(H,30,33)(H,31,36)(H,34,35). The Morgan fingerprint density at radius 3 is 2.23 bits per heavy atom. The molecule has 0 saturated carbocycles. The second kappa shape index (κ2) is 12.4. The summed E-state index contributed by atoms with van der Waals surface area (Å²) in [6.07, 6.45) is -1.15. The number of carboxylic acids is 1. The van der Waals surface area contributed by atoms with E-state index < -0.39 is 30.1 Å². The number of carbonyl (C=O) groups is 3. The molecule has 10 heteroatoms. The van der Waals surface area contributed by atoms with Crippen LogP contribution in [0.3, 0.4) is 0 Å². The first-order chi connectivity index (χ1) is 18.8. The third-order valence-corrected chi connectivity index (χ3v) is 5.82. The van der Waals surface area contributed by atoms with Crippen molar-refractivity contribution in [2.24, 2.45) is 0 Å². The first-order valence-electron chi connectivity index (χ1n) is 12.1. The van der Waals surface area contributed by atoms with E-state index in [0.29, 0.717) is 22.7 Å². The smallest absolute Gasteiger partial charge is 0.412 e. The van der Waals surface area contributed by atoms with E-state index in [1.807, 2.05) is 36.4 Å². The van der Waals surface area contributed by atoms with E-state index in [4.69, 9.17) is 14.0 Å². The minimum Gasteiger partial charge on any atom is -0.491 e. The lowest BCUT2D eigenvalue weighted by Crippen LogP contribution is -2.44. The lowest BCUT2D eigenvalue weighted by atomic mass is 10.1. The number of carboxylic acid groups (broad SMARTS) is 1. The Labute approximate surface area is 224 Å². The zero-order valence-electron chi connectivity index (χ0n) is 21.3. The molecule has 2 amide bonds. The van der Waals surface area contributed by atoms with E-state index >= 15 is 0 Å². The third kappa shape index (κ3) is 7.01. The Kier molecular flexibility index (Phi) is 8.57. The summed E-state index contributed by atoms with van der Waals surface area (Å²) in [7, 11) is 0. The van der Waals surface area contributed by atoms with Gasteiger partial charge in [0.25, 0.3) is 5.91 Å². The van der Waals surface area contributed by atoms with Crippen molar-refractivity contribution in [3.05, 3.63) is 102 Å². The molecule has 1 heterocycles.